The first kappa shape index (κ1) is 12.5. The SMILES string of the molecule is CN(CC1CCCOC1)C(=O)C(C)(C)O. The predicted octanol–water partition coefficient (Wildman–Crippen LogP) is 0.642. The third kappa shape index (κ3) is 3.80. The molecule has 0 aromatic carbocycles. The Hall–Kier alpha value is -0.610. The van der Waals surface area contributed by atoms with Crippen molar-refractivity contribution in [2.45, 2.75) is 32.3 Å². The molecule has 4 heteroatoms. The van der Waals surface area contributed by atoms with Crippen molar-refractivity contribution in [3.63, 3.8) is 0 Å². The van der Waals surface area contributed by atoms with Crippen LogP contribution in [0.15, 0.2) is 0 Å². The molecule has 0 aromatic rings. The van der Waals surface area contributed by atoms with Crippen molar-refractivity contribution in [1.82, 2.24) is 4.90 Å². The molecular weight excluding hydrogens is 194 g/mol. The van der Waals surface area contributed by atoms with E-state index in [1.54, 1.807) is 11.9 Å². The van der Waals surface area contributed by atoms with E-state index in [9.17, 15) is 9.90 Å². The second-order valence-electron chi connectivity index (χ2n) is 4.83. The fraction of sp³-hybridized carbons (Fsp3) is 0.909. The lowest BCUT2D eigenvalue weighted by atomic mass is 10.0. The van der Waals surface area contributed by atoms with Crippen LogP contribution in [0.4, 0.5) is 0 Å². The Morgan fingerprint density at radius 1 is 1.60 bits per heavy atom. The summed E-state index contributed by atoms with van der Waals surface area (Å²) in [5.41, 5.74) is -1.27. The lowest BCUT2D eigenvalue weighted by Gasteiger charge is -2.30. The van der Waals surface area contributed by atoms with E-state index in [0.29, 0.717) is 12.5 Å². The van der Waals surface area contributed by atoms with Crippen LogP contribution in [-0.2, 0) is 9.53 Å². The van der Waals surface area contributed by atoms with Gasteiger partial charge < -0.3 is 14.7 Å². The van der Waals surface area contributed by atoms with Crippen molar-refractivity contribution >= 4 is 5.91 Å². The fourth-order valence-corrected chi connectivity index (χ4v) is 1.89. The molecule has 4 nitrogen and oxygen atoms in total. The van der Waals surface area contributed by atoms with Crippen molar-refractivity contribution in [3.05, 3.63) is 0 Å². The third-order valence-electron chi connectivity index (χ3n) is 2.66. The molecule has 1 fully saturated rings. The normalized spacial score (nSPS) is 22.5. The number of hydrogen-bond acceptors (Lipinski definition) is 3. The highest BCUT2D eigenvalue weighted by Gasteiger charge is 2.28. The fourth-order valence-electron chi connectivity index (χ4n) is 1.89. The molecule has 15 heavy (non-hydrogen) atoms. The Morgan fingerprint density at radius 3 is 2.73 bits per heavy atom. The summed E-state index contributed by atoms with van der Waals surface area (Å²) in [6.45, 7) is 5.26. The molecule has 1 rings (SSSR count). The topological polar surface area (TPSA) is 49.8 Å². The number of aliphatic hydroxyl groups is 1. The van der Waals surface area contributed by atoms with E-state index >= 15 is 0 Å². The van der Waals surface area contributed by atoms with Crippen molar-refractivity contribution in [3.8, 4) is 0 Å². The zero-order valence-corrected chi connectivity index (χ0v) is 9.82. The van der Waals surface area contributed by atoms with Crippen molar-refractivity contribution < 1.29 is 14.6 Å². The van der Waals surface area contributed by atoms with Crippen LogP contribution in [-0.4, -0.2) is 48.3 Å². The molecule has 0 spiro atoms. The first-order valence-electron chi connectivity index (χ1n) is 5.47. The van der Waals surface area contributed by atoms with Crippen LogP contribution in [0.3, 0.4) is 0 Å². The molecule has 1 N–H and O–H groups in total. The van der Waals surface area contributed by atoms with Gasteiger partial charge in [-0.05, 0) is 32.6 Å². The van der Waals surface area contributed by atoms with E-state index in [2.05, 4.69) is 0 Å². The summed E-state index contributed by atoms with van der Waals surface area (Å²) < 4.78 is 5.35. The Balaban J connectivity index is 2.40. The first-order chi connectivity index (χ1) is 6.91. The first-order valence-corrected chi connectivity index (χ1v) is 5.47. The smallest absolute Gasteiger partial charge is 0.253 e. The Labute approximate surface area is 91.2 Å². The lowest BCUT2D eigenvalue weighted by Crippen LogP contribution is -2.45. The number of carbonyl (C=O) groups is 1. The van der Waals surface area contributed by atoms with E-state index in [1.807, 2.05) is 0 Å². The van der Waals surface area contributed by atoms with E-state index in [0.717, 1.165) is 26.1 Å². The molecule has 1 saturated heterocycles. The highest BCUT2D eigenvalue weighted by molar-refractivity contribution is 5.83. The Morgan fingerprint density at radius 2 is 2.27 bits per heavy atom. The minimum absolute atomic E-state index is 0.229. The van der Waals surface area contributed by atoms with E-state index in [-0.39, 0.29) is 5.91 Å². The maximum Gasteiger partial charge on any atom is 0.253 e. The minimum Gasteiger partial charge on any atom is -0.381 e. The molecule has 1 aliphatic heterocycles. The second-order valence-corrected chi connectivity index (χ2v) is 4.83. The van der Waals surface area contributed by atoms with Crippen LogP contribution in [0.1, 0.15) is 26.7 Å². The van der Waals surface area contributed by atoms with Gasteiger partial charge in [-0.3, -0.25) is 4.79 Å². The second kappa shape index (κ2) is 4.94. The van der Waals surface area contributed by atoms with Crippen LogP contribution in [0.5, 0.6) is 0 Å². The summed E-state index contributed by atoms with van der Waals surface area (Å²) in [4.78, 5) is 13.3. The van der Waals surface area contributed by atoms with E-state index in [4.69, 9.17) is 4.74 Å². The quantitative estimate of drug-likeness (QED) is 0.751. The number of ether oxygens (including phenoxy) is 1. The molecule has 0 aromatic heterocycles. The van der Waals surface area contributed by atoms with Gasteiger partial charge in [0.2, 0.25) is 0 Å². The van der Waals surface area contributed by atoms with Crippen LogP contribution >= 0.6 is 0 Å². The summed E-state index contributed by atoms with van der Waals surface area (Å²) in [7, 11) is 1.73. The maximum atomic E-state index is 11.7. The number of amides is 1. The number of carbonyl (C=O) groups excluding carboxylic acids is 1. The van der Waals surface area contributed by atoms with Crippen LogP contribution in [0, 0.1) is 5.92 Å². The zero-order valence-electron chi connectivity index (χ0n) is 9.82. The van der Waals surface area contributed by atoms with E-state index < -0.39 is 5.60 Å². The molecule has 88 valence electrons. The predicted molar refractivity (Wildman–Crippen MR) is 57.5 cm³/mol. The van der Waals surface area contributed by atoms with Gasteiger partial charge in [0.05, 0.1) is 6.61 Å². The lowest BCUT2D eigenvalue weighted by molar-refractivity contribution is -0.147. The molecule has 1 atom stereocenters. The summed E-state index contributed by atoms with van der Waals surface area (Å²) in [5, 5.41) is 9.56. The van der Waals surface area contributed by atoms with Crippen LogP contribution in [0.25, 0.3) is 0 Å². The standard InChI is InChI=1S/C11H21NO3/c1-11(2,14)10(13)12(3)7-9-5-4-6-15-8-9/h9,14H,4-8H2,1-3H3. The molecule has 1 unspecified atom stereocenters. The number of rotatable bonds is 3. The summed E-state index contributed by atoms with van der Waals surface area (Å²) in [5.74, 6) is 0.183. The van der Waals surface area contributed by atoms with Crippen molar-refractivity contribution in [2.24, 2.45) is 5.92 Å². The Kier molecular flexibility index (Phi) is 4.11. The molecule has 0 radical (unpaired) electrons. The summed E-state index contributed by atoms with van der Waals surface area (Å²) >= 11 is 0. The number of nitrogens with zero attached hydrogens (tertiary/aromatic N) is 1. The van der Waals surface area contributed by atoms with Crippen LogP contribution in [0.2, 0.25) is 0 Å². The molecule has 0 aliphatic carbocycles. The van der Waals surface area contributed by atoms with Gasteiger partial charge in [0.15, 0.2) is 0 Å². The molecule has 0 saturated carbocycles. The van der Waals surface area contributed by atoms with Gasteiger partial charge in [0.1, 0.15) is 5.60 Å². The molecular formula is C11H21NO3. The van der Waals surface area contributed by atoms with Gasteiger partial charge in [-0.15, -0.1) is 0 Å². The number of hydrogen-bond donors (Lipinski definition) is 1. The van der Waals surface area contributed by atoms with Gasteiger partial charge in [-0.1, -0.05) is 0 Å². The average Bonchev–Trinajstić information content (AvgIpc) is 2.16. The minimum atomic E-state index is -1.27. The molecule has 1 aliphatic rings. The maximum absolute atomic E-state index is 11.7. The highest BCUT2D eigenvalue weighted by Crippen LogP contribution is 2.16. The van der Waals surface area contributed by atoms with Gasteiger partial charge in [0, 0.05) is 20.2 Å². The van der Waals surface area contributed by atoms with Crippen molar-refractivity contribution in [2.75, 3.05) is 26.8 Å². The largest absolute Gasteiger partial charge is 0.381 e. The molecule has 1 amide bonds. The van der Waals surface area contributed by atoms with Crippen molar-refractivity contribution in [1.29, 1.82) is 0 Å². The monoisotopic (exact) mass is 215 g/mol. The highest BCUT2D eigenvalue weighted by atomic mass is 16.5. The molecule has 1 heterocycles. The summed E-state index contributed by atoms with van der Waals surface area (Å²) in [6, 6.07) is 0. The van der Waals surface area contributed by atoms with Gasteiger partial charge in [-0.2, -0.15) is 0 Å². The molecule has 0 bridgehead atoms. The summed E-state index contributed by atoms with van der Waals surface area (Å²) in [6.07, 6.45) is 2.17. The number of likely N-dealkylation sites (N-methyl/N-ethyl adjacent to an activating group) is 1. The third-order valence-corrected chi connectivity index (χ3v) is 2.66. The van der Waals surface area contributed by atoms with Gasteiger partial charge in [-0.25, -0.2) is 0 Å². The average molecular weight is 215 g/mol. The van der Waals surface area contributed by atoms with E-state index in [1.165, 1.54) is 13.8 Å². The van der Waals surface area contributed by atoms with Crippen LogP contribution < -0.4 is 0 Å². The Bertz CT molecular complexity index is 216. The van der Waals surface area contributed by atoms with Gasteiger partial charge >= 0.3 is 0 Å². The zero-order chi connectivity index (χ0) is 11.5. The van der Waals surface area contributed by atoms with Gasteiger partial charge in [0.25, 0.3) is 5.91 Å².